The molecule has 0 aromatic heterocycles. The monoisotopic (exact) mass is 545 g/mol. The minimum atomic E-state index is -0.591. The highest BCUT2D eigenvalue weighted by atomic mass is 32.2. The van der Waals surface area contributed by atoms with Crippen LogP contribution in [0.25, 0.3) is 0 Å². The van der Waals surface area contributed by atoms with Crippen LogP contribution >= 0.6 is 11.8 Å². The van der Waals surface area contributed by atoms with E-state index in [1.165, 1.54) is 22.3 Å². The number of rotatable bonds is 8. The molecule has 4 rings (SSSR count). The maximum atomic E-state index is 13.6. The fourth-order valence-corrected chi connectivity index (χ4v) is 5.95. The van der Waals surface area contributed by atoms with Gasteiger partial charge in [0.15, 0.2) is 16.7 Å². The van der Waals surface area contributed by atoms with Crippen molar-refractivity contribution in [1.82, 2.24) is 5.32 Å². The third-order valence-electron chi connectivity index (χ3n) is 6.69. The Balaban J connectivity index is 1.74. The zero-order chi connectivity index (χ0) is 28.1. The first-order valence-corrected chi connectivity index (χ1v) is 13.7. The Morgan fingerprint density at radius 2 is 1.54 bits per heavy atom. The Hall–Kier alpha value is -3.91. The van der Waals surface area contributed by atoms with E-state index in [-0.39, 0.29) is 5.91 Å². The van der Waals surface area contributed by atoms with Crippen molar-refractivity contribution in [2.24, 2.45) is 4.99 Å². The molecule has 0 radical (unpaired) electrons. The number of anilines is 1. The van der Waals surface area contributed by atoms with Gasteiger partial charge in [-0.3, -0.25) is 4.79 Å². The number of amides is 1. The van der Waals surface area contributed by atoms with Gasteiger partial charge in [-0.25, -0.2) is 4.99 Å². The number of para-hydroxylation sites is 1. The number of nitrogens with one attached hydrogen (secondary N) is 2. The Bertz CT molecular complexity index is 1380. The molecule has 0 bridgehead atoms. The number of hydrogen-bond donors (Lipinski definition) is 2. The molecule has 0 saturated carbocycles. The number of amidine groups is 1. The van der Waals surface area contributed by atoms with E-state index in [1.807, 2.05) is 49.4 Å². The van der Waals surface area contributed by atoms with Crippen molar-refractivity contribution in [2.45, 2.75) is 39.5 Å². The topological polar surface area (TPSA) is 81.2 Å². The third-order valence-corrected chi connectivity index (χ3v) is 7.60. The smallest absolute Gasteiger partial charge is 0.255 e. The molecule has 0 aliphatic carbocycles. The Morgan fingerprint density at radius 1 is 0.923 bits per heavy atom. The van der Waals surface area contributed by atoms with Crippen LogP contribution in [0.5, 0.6) is 17.2 Å². The minimum absolute atomic E-state index is 0.233. The molecule has 0 unspecified atom stereocenters. The zero-order valence-corrected chi connectivity index (χ0v) is 24.3. The number of benzene rings is 3. The molecule has 0 spiro atoms. The second-order valence-corrected chi connectivity index (χ2v) is 10.4. The third kappa shape index (κ3) is 6.23. The largest absolute Gasteiger partial charge is 0.493 e. The number of hydrogen-bond acceptors (Lipinski definition) is 7. The summed E-state index contributed by atoms with van der Waals surface area (Å²) in [5.74, 6) is 2.01. The number of methoxy groups -OCH3 is 3. The number of ether oxygens (including phenoxy) is 3. The summed E-state index contributed by atoms with van der Waals surface area (Å²) in [5, 5.41) is 7.13. The SMILES string of the molecule is COc1cc([C@H]2N=C(SCc3c(C)cc(C)cc3C)NC(C)=C2C(=O)Nc2ccccc2)cc(OC)c1OC. The van der Waals surface area contributed by atoms with E-state index in [0.29, 0.717) is 28.5 Å². The van der Waals surface area contributed by atoms with Crippen LogP contribution in [0.2, 0.25) is 0 Å². The van der Waals surface area contributed by atoms with Crippen molar-refractivity contribution in [1.29, 1.82) is 0 Å². The number of allylic oxidation sites excluding steroid dienone is 1. The van der Waals surface area contributed by atoms with Crippen LogP contribution in [0.15, 0.2) is 70.9 Å². The van der Waals surface area contributed by atoms with Gasteiger partial charge in [-0.15, -0.1) is 0 Å². The van der Waals surface area contributed by atoms with E-state index in [1.54, 1.807) is 33.1 Å². The van der Waals surface area contributed by atoms with Gasteiger partial charge in [-0.1, -0.05) is 47.7 Å². The molecule has 1 atom stereocenters. The lowest BCUT2D eigenvalue weighted by Crippen LogP contribution is -2.32. The van der Waals surface area contributed by atoms with Crippen LogP contribution in [0.3, 0.4) is 0 Å². The van der Waals surface area contributed by atoms with Crippen molar-refractivity contribution in [2.75, 3.05) is 26.6 Å². The van der Waals surface area contributed by atoms with Crippen LogP contribution in [-0.4, -0.2) is 32.4 Å². The van der Waals surface area contributed by atoms with Crippen LogP contribution in [0, 0.1) is 20.8 Å². The van der Waals surface area contributed by atoms with E-state index in [4.69, 9.17) is 19.2 Å². The van der Waals surface area contributed by atoms with Crippen molar-refractivity contribution in [3.05, 3.63) is 93.7 Å². The summed E-state index contributed by atoms with van der Waals surface area (Å²) in [6.45, 7) is 8.30. The molecule has 2 N–H and O–H groups in total. The van der Waals surface area contributed by atoms with E-state index >= 15 is 0 Å². The molecular formula is C31H35N3O4S. The number of thioether (sulfide) groups is 1. The maximum absolute atomic E-state index is 13.6. The molecular weight excluding hydrogens is 510 g/mol. The van der Waals surface area contributed by atoms with Crippen LogP contribution in [0.1, 0.15) is 40.8 Å². The second-order valence-electron chi connectivity index (χ2n) is 9.45. The highest BCUT2D eigenvalue weighted by molar-refractivity contribution is 8.13. The standard InChI is InChI=1S/C31H35N3O4S/c1-18-13-19(2)24(20(3)14-18)17-39-31-32-21(4)27(30(35)33-23-11-9-8-10-12-23)28(34-31)22-15-25(36-5)29(38-7)26(16-22)37-6/h8-16,28H,17H2,1-7H3,(H,32,34)(H,33,35)/t28-/m1/s1. The van der Waals surface area contributed by atoms with Crippen molar-refractivity contribution in [3.63, 3.8) is 0 Å². The lowest BCUT2D eigenvalue weighted by Gasteiger charge is -2.27. The van der Waals surface area contributed by atoms with Gasteiger partial charge in [0.25, 0.3) is 5.91 Å². The highest BCUT2D eigenvalue weighted by Crippen LogP contribution is 2.43. The van der Waals surface area contributed by atoms with Gasteiger partial charge in [-0.2, -0.15) is 0 Å². The van der Waals surface area contributed by atoms with Crippen molar-refractivity contribution in [3.8, 4) is 17.2 Å². The molecule has 1 aliphatic heterocycles. The molecule has 39 heavy (non-hydrogen) atoms. The van der Waals surface area contributed by atoms with Crippen LogP contribution < -0.4 is 24.8 Å². The molecule has 1 aliphatic rings. The quantitative estimate of drug-likeness (QED) is 0.337. The molecule has 204 valence electrons. The van der Waals surface area contributed by atoms with Gasteiger partial charge in [0.1, 0.15) is 6.04 Å². The lowest BCUT2D eigenvalue weighted by molar-refractivity contribution is -0.113. The first-order chi connectivity index (χ1) is 18.7. The maximum Gasteiger partial charge on any atom is 0.255 e. The summed E-state index contributed by atoms with van der Waals surface area (Å²) >= 11 is 1.62. The predicted octanol–water partition coefficient (Wildman–Crippen LogP) is 6.48. The Kier molecular flexibility index (Phi) is 8.86. The Morgan fingerprint density at radius 3 is 2.10 bits per heavy atom. The van der Waals surface area contributed by atoms with E-state index in [0.717, 1.165) is 22.2 Å². The lowest BCUT2D eigenvalue weighted by atomic mass is 9.95. The van der Waals surface area contributed by atoms with E-state index in [2.05, 4.69) is 43.5 Å². The Labute approximate surface area is 234 Å². The molecule has 3 aromatic carbocycles. The number of carbonyl (C=O) groups is 1. The molecule has 0 saturated heterocycles. The molecule has 8 heteroatoms. The molecule has 3 aromatic rings. The fourth-order valence-electron chi connectivity index (χ4n) is 4.81. The molecule has 1 heterocycles. The fraction of sp³-hybridized carbons (Fsp3) is 0.290. The van der Waals surface area contributed by atoms with Crippen molar-refractivity contribution < 1.29 is 19.0 Å². The van der Waals surface area contributed by atoms with Gasteiger partial charge in [-0.05, 0) is 74.2 Å². The summed E-state index contributed by atoms with van der Waals surface area (Å²) in [7, 11) is 4.71. The van der Waals surface area contributed by atoms with Gasteiger partial charge >= 0.3 is 0 Å². The van der Waals surface area contributed by atoms with Crippen LogP contribution in [0.4, 0.5) is 5.69 Å². The summed E-state index contributed by atoms with van der Waals surface area (Å²) in [4.78, 5) is 18.7. The van der Waals surface area contributed by atoms with Crippen LogP contribution in [-0.2, 0) is 10.5 Å². The van der Waals surface area contributed by atoms with Crippen molar-refractivity contribution >= 4 is 28.5 Å². The second kappa shape index (κ2) is 12.3. The molecule has 1 amide bonds. The summed E-state index contributed by atoms with van der Waals surface area (Å²) in [6, 6.07) is 16.9. The van der Waals surface area contributed by atoms with Gasteiger partial charge in [0.05, 0.1) is 26.9 Å². The normalized spacial score (nSPS) is 14.8. The highest BCUT2D eigenvalue weighted by Gasteiger charge is 2.31. The number of aliphatic imine (C=N–C) groups is 1. The summed E-state index contributed by atoms with van der Waals surface area (Å²) in [6.07, 6.45) is 0. The van der Waals surface area contributed by atoms with Gasteiger partial charge < -0.3 is 24.8 Å². The van der Waals surface area contributed by atoms with E-state index < -0.39 is 6.04 Å². The molecule has 7 nitrogen and oxygen atoms in total. The zero-order valence-electron chi connectivity index (χ0n) is 23.5. The summed E-state index contributed by atoms with van der Waals surface area (Å²) < 4.78 is 16.7. The number of aryl methyl sites for hydroxylation is 3. The van der Waals surface area contributed by atoms with Gasteiger partial charge in [0.2, 0.25) is 5.75 Å². The minimum Gasteiger partial charge on any atom is -0.493 e. The average molecular weight is 546 g/mol. The first kappa shape index (κ1) is 28.1. The van der Waals surface area contributed by atoms with E-state index in [9.17, 15) is 4.79 Å². The first-order valence-electron chi connectivity index (χ1n) is 12.7. The number of carbonyl (C=O) groups excluding carboxylic acids is 1. The summed E-state index contributed by atoms with van der Waals surface area (Å²) in [5.41, 5.74) is 7.76. The predicted molar refractivity (Wildman–Crippen MR) is 159 cm³/mol. The average Bonchev–Trinajstić information content (AvgIpc) is 2.91. The number of nitrogens with zero attached hydrogens (tertiary/aromatic N) is 1. The molecule has 0 fully saturated rings. The van der Waals surface area contributed by atoms with Gasteiger partial charge in [0, 0.05) is 17.1 Å².